The molecule has 1 aliphatic rings. The predicted molar refractivity (Wildman–Crippen MR) is 91.5 cm³/mol. The van der Waals surface area contributed by atoms with Crippen LogP contribution >= 0.6 is 11.3 Å². The van der Waals surface area contributed by atoms with Crippen molar-refractivity contribution in [3.05, 3.63) is 52.0 Å². The number of benzene rings is 1. The van der Waals surface area contributed by atoms with Gasteiger partial charge in [0.15, 0.2) is 0 Å². The lowest BCUT2D eigenvalue weighted by Gasteiger charge is -2.22. The Morgan fingerprint density at radius 3 is 2.74 bits per heavy atom. The summed E-state index contributed by atoms with van der Waals surface area (Å²) in [4.78, 5) is 16.6. The van der Waals surface area contributed by atoms with Crippen LogP contribution in [0.15, 0.2) is 35.7 Å². The number of rotatable bonds is 6. The van der Waals surface area contributed by atoms with Gasteiger partial charge >= 0.3 is 0 Å². The van der Waals surface area contributed by atoms with Crippen molar-refractivity contribution in [2.24, 2.45) is 0 Å². The zero-order valence-electron chi connectivity index (χ0n) is 13.1. The van der Waals surface area contributed by atoms with Crippen LogP contribution in [0.4, 0.5) is 0 Å². The van der Waals surface area contributed by atoms with E-state index in [0.29, 0.717) is 6.54 Å². The highest BCUT2D eigenvalue weighted by molar-refractivity contribution is 7.09. The first-order chi connectivity index (χ1) is 11.1. The third kappa shape index (κ3) is 4.62. The summed E-state index contributed by atoms with van der Waals surface area (Å²) in [5.74, 6) is -0.0677. The van der Waals surface area contributed by atoms with Crippen LogP contribution in [-0.2, 0) is 17.6 Å². The molecule has 1 saturated carbocycles. The van der Waals surface area contributed by atoms with Crippen LogP contribution in [0.3, 0.4) is 0 Å². The van der Waals surface area contributed by atoms with E-state index in [1.165, 1.54) is 5.56 Å². The molecule has 0 saturated heterocycles. The number of aliphatic hydroxyl groups is 1. The maximum atomic E-state index is 12.0. The molecule has 122 valence electrons. The van der Waals surface area contributed by atoms with E-state index in [1.54, 1.807) is 11.3 Å². The van der Waals surface area contributed by atoms with Gasteiger partial charge < -0.3 is 10.4 Å². The molecular formula is C18H22N2O2S. The Balaban J connectivity index is 1.49. The molecule has 0 aliphatic heterocycles. The molecule has 2 aromatic rings. The van der Waals surface area contributed by atoms with Crippen molar-refractivity contribution in [2.45, 2.75) is 44.1 Å². The zero-order valence-corrected chi connectivity index (χ0v) is 13.9. The number of amides is 1. The number of nitrogens with zero attached hydrogens (tertiary/aromatic N) is 1. The zero-order chi connectivity index (χ0) is 16.1. The van der Waals surface area contributed by atoms with E-state index in [-0.39, 0.29) is 12.3 Å². The summed E-state index contributed by atoms with van der Waals surface area (Å²) in [5.41, 5.74) is 1.33. The van der Waals surface area contributed by atoms with Crippen molar-refractivity contribution in [3.8, 4) is 0 Å². The Kier molecular flexibility index (Phi) is 5.08. The maximum absolute atomic E-state index is 12.0. The molecule has 4 nitrogen and oxygen atoms in total. The van der Waals surface area contributed by atoms with Gasteiger partial charge in [-0.1, -0.05) is 43.2 Å². The predicted octanol–water partition coefficient (Wildman–Crippen LogP) is 2.70. The van der Waals surface area contributed by atoms with E-state index in [4.69, 9.17) is 0 Å². The summed E-state index contributed by atoms with van der Waals surface area (Å²) in [6.45, 7) is 0.354. The van der Waals surface area contributed by atoms with Gasteiger partial charge in [-0.2, -0.15) is 0 Å². The molecule has 5 heteroatoms. The van der Waals surface area contributed by atoms with Crippen LogP contribution in [0.5, 0.6) is 0 Å². The molecule has 0 spiro atoms. The molecule has 1 fully saturated rings. The van der Waals surface area contributed by atoms with Crippen LogP contribution < -0.4 is 5.32 Å². The highest BCUT2D eigenvalue weighted by Gasteiger charge is 2.31. The highest BCUT2D eigenvalue weighted by Crippen LogP contribution is 2.28. The fraction of sp³-hybridized carbons (Fsp3) is 0.444. The first-order valence-electron chi connectivity index (χ1n) is 8.09. The molecule has 23 heavy (non-hydrogen) atoms. The van der Waals surface area contributed by atoms with Gasteiger partial charge in [-0.3, -0.25) is 4.79 Å². The first-order valence-corrected chi connectivity index (χ1v) is 8.97. The van der Waals surface area contributed by atoms with Crippen LogP contribution in [0.1, 0.15) is 41.9 Å². The quantitative estimate of drug-likeness (QED) is 0.856. The van der Waals surface area contributed by atoms with Crippen molar-refractivity contribution < 1.29 is 9.90 Å². The number of carbonyl (C=O) groups excluding carboxylic acids is 1. The van der Waals surface area contributed by atoms with Crippen molar-refractivity contribution in [2.75, 3.05) is 6.54 Å². The molecule has 0 radical (unpaired) electrons. The van der Waals surface area contributed by atoms with Crippen molar-refractivity contribution >= 4 is 17.2 Å². The summed E-state index contributed by atoms with van der Waals surface area (Å²) < 4.78 is 0. The van der Waals surface area contributed by atoms with Gasteiger partial charge in [-0.15, -0.1) is 11.3 Å². The Bertz CT molecular complexity index is 648. The third-order valence-corrected chi connectivity index (χ3v) is 5.19. The fourth-order valence-electron chi connectivity index (χ4n) is 2.98. The monoisotopic (exact) mass is 330 g/mol. The van der Waals surface area contributed by atoms with E-state index >= 15 is 0 Å². The molecule has 2 N–H and O–H groups in total. The van der Waals surface area contributed by atoms with Gasteiger partial charge in [0.1, 0.15) is 0 Å². The number of carbonyl (C=O) groups is 1. The van der Waals surface area contributed by atoms with Crippen LogP contribution in [0, 0.1) is 0 Å². The normalized spacial score (nSPS) is 16.4. The summed E-state index contributed by atoms with van der Waals surface area (Å²) in [6, 6.07) is 10.2. The number of nitrogens with one attached hydrogen (secondary N) is 1. The summed E-state index contributed by atoms with van der Waals surface area (Å²) >= 11 is 1.59. The first kappa shape index (κ1) is 16.1. The van der Waals surface area contributed by atoms with Gasteiger partial charge in [0.2, 0.25) is 5.91 Å². The van der Waals surface area contributed by atoms with Crippen LogP contribution in [0.25, 0.3) is 0 Å². The topological polar surface area (TPSA) is 62.2 Å². The second-order valence-electron chi connectivity index (χ2n) is 6.28. The number of hydrogen-bond donors (Lipinski definition) is 2. The van der Waals surface area contributed by atoms with Crippen LogP contribution in [0.2, 0.25) is 0 Å². The van der Waals surface area contributed by atoms with Gasteiger partial charge in [0, 0.05) is 18.3 Å². The lowest BCUT2D eigenvalue weighted by atomic mass is 10.0. The van der Waals surface area contributed by atoms with Crippen molar-refractivity contribution in [1.29, 1.82) is 0 Å². The smallest absolute Gasteiger partial charge is 0.226 e. The fourth-order valence-corrected chi connectivity index (χ4v) is 3.81. The lowest BCUT2D eigenvalue weighted by Crippen LogP contribution is -2.41. The third-order valence-electron chi connectivity index (χ3n) is 4.29. The Morgan fingerprint density at radius 1 is 1.26 bits per heavy atom. The van der Waals surface area contributed by atoms with Gasteiger partial charge in [-0.25, -0.2) is 4.98 Å². The van der Waals surface area contributed by atoms with E-state index in [1.807, 2.05) is 23.6 Å². The Hall–Kier alpha value is -1.72. The van der Waals surface area contributed by atoms with Gasteiger partial charge in [0.05, 0.1) is 22.7 Å². The molecule has 1 aromatic carbocycles. The van der Waals surface area contributed by atoms with E-state index in [2.05, 4.69) is 22.4 Å². The molecule has 0 unspecified atom stereocenters. The second-order valence-corrected chi connectivity index (χ2v) is 7.22. The largest absolute Gasteiger partial charge is 0.388 e. The van der Waals surface area contributed by atoms with E-state index in [9.17, 15) is 9.90 Å². The van der Waals surface area contributed by atoms with Crippen LogP contribution in [-0.4, -0.2) is 28.1 Å². The summed E-state index contributed by atoms with van der Waals surface area (Å²) in [6.07, 6.45) is 4.73. The standard InChI is InChI=1S/C18H22N2O2S/c21-16(19-13-18(22)8-4-5-9-18)11-15-12-23-17(20-15)10-14-6-2-1-3-7-14/h1-3,6-7,12,22H,4-5,8-11,13H2,(H,19,21). The lowest BCUT2D eigenvalue weighted by molar-refractivity contribution is -0.121. The molecule has 1 heterocycles. The SMILES string of the molecule is O=C(Cc1csc(Cc2ccccc2)n1)NCC1(O)CCCC1. The van der Waals surface area contributed by atoms with Crippen molar-refractivity contribution in [3.63, 3.8) is 0 Å². The van der Waals surface area contributed by atoms with Gasteiger partial charge in [0.25, 0.3) is 0 Å². The minimum Gasteiger partial charge on any atom is -0.388 e. The van der Waals surface area contributed by atoms with E-state index < -0.39 is 5.60 Å². The Labute approximate surface area is 140 Å². The average molecular weight is 330 g/mol. The minimum atomic E-state index is -0.698. The Morgan fingerprint density at radius 2 is 2.00 bits per heavy atom. The molecule has 0 bridgehead atoms. The molecule has 3 rings (SSSR count). The molecule has 1 amide bonds. The molecule has 1 aliphatic carbocycles. The van der Waals surface area contributed by atoms with Crippen molar-refractivity contribution in [1.82, 2.24) is 10.3 Å². The maximum Gasteiger partial charge on any atom is 0.226 e. The van der Waals surface area contributed by atoms with Gasteiger partial charge in [-0.05, 0) is 18.4 Å². The number of thiazole rings is 1. The van der Waals surface area contributed by atoms with E-state index in [0.717, 1.165) is 42.8 Å². The highest BCUT2D eigenvalue weighted by atomic mass is 32.1. The molecular weight excluding hydrogens is 308 g/mol. The minimum absolute atomic E-state index is 0.0677. The number of aromatic nitrogens is 1. The second kappa shape index (κ2) is 7.23. The summed E-state index contributed by atoms with van der Waals surface area (Å²) in [5, 5.41) is 16.1. The summed E-state index contributed by atoms with van der Waals surface area (Å²) in [7, 11) is 0. The molecule has 1 aromatic heterocycles. The number of hydrogen-bond acceptors (Lipinski definition) is 4. The average Bonchev–Trinajstić information content (AvgIpc) is 3.16. The molecule has 0 atom stereocenters.